The van der Waals surface area contributed by atoms with Crippen molar-refractivity contribution < 1.29 is 4.79 Å². The maximum Gasteiger partial charge on any atom is 0.229 e. The highest BCUT2D eigenvalue weighted by Gasteiger charge is 2.27. The van der Waals surface area contributed by atoms with Crippen LogP contribution in [0.5, 0.6) is 0 Å². The van der Waals surface area contributed by atoms with E-state index in [9.17, 15) is 4.79 Å². The SMILES string of the molecule is CN1CCN(Cc2cccc(Nc3ncc(C4CC4)c(NCCC(N)=O)n3)c2)CC1. The molecule has 8 heteroatoms. The molecular weight excluding hydrogens is 378 g/mol. The molecule has 160 valence electrons. The number of aromatic nitrogens is 2. The molecule has 1 saturated heterocycles. The number of nitrogens with one attached hydrogen (secondary N) is 2. The average Bonchev–Trinajstić information content (AvgIpc) is 3.55. The van der Waals surface area contributed by atoms with Gasteiger partial charge in [0.15, 0.2) is 0 Å². The van der Waals surface area contributed by atoms with Crippen LogP contribution in [0.2, 0.25) is 0 Å². The first kappa shape index (κ1) is 20.6. The fourth-order valence-electron chi connectivity index (χ4n) is 3.73. The van der Waals surface area contributed by atoms with Crippen LogP contribution in [-0.2, 0) is 11.3 Å². The van der Waals surface area contributed by atoms with Gasteiger partial charge in [-0.25, -0.2) is 4.98 Å². The van der Waals surface area contributed by atoms with Crippen molar-refractivity contribution >= 4 is 23.4 Å². The second-order valence-electron chi connectivity index (χ2n) is 8.32. The quantitative estimate of drug-likeness (QED) is 0.583. The molecule has 4 rings (SSSR count). The Balaban J connectivity index is 1.42. The first-order valence-corrected chi connectivity index (χ1v) is 10.7. The fourth-order valence-corrected chi connectivity index (χ4v) is 3.73. The minimum absolute atomic E-state index is 0.283. The van der Waals surface area contributed by atoms with Gasteiger partial charge in [-0.3, -0.25) is 9.69 Å². The van der Waals surface area contributed by atoms with Gasteiger partial charge in [-0.1, -0.05) is 12.1 Å². The van der Waals surface area contributed by atoms with Crippen molar-refractivity contribution in [2.45, 2.75) is 31.7 Å². The fraction of sp³-hybridized carbons (Fsp3) is 0.500. The number of amides is 1. The molecule has 0 unspecified atom stereocenters. The number of hydrogen-bond donors (Lipinski definition) is 3. The lowest BCUT2D eigenvalue weighted by atomic mass is 10.1. The molecule has 1 amide bonds. The van der Waals surface area contributed by atoms with E-state index in [4.69, 9.17) is 5.73 Å². The Morgan fingerprint density at radius 3 is 2.77 bits per heavy atom. The molecule has 2 fully saturated rings. The highest BCUT2D eigenvalue weighted by Crippen LogP contribution is 2.42. The molecule has 1 saturated carbocycles. The summed E-state index contributed by atoms with van der Waals surface area (Å²) in [6, 6.07) is 8.43. The van der Waals surface area contributed by atoms with Crippen molar-refractivity contribution in [3.05, 3.63) is 41.6 Å². The number of carbonyl (C=O) groups is 1. The number of anilines is 3. The third-order valence-corrected chi connectivity index (χ3v) is 5.68. The van der Waals surface area contributed by atoms with Crippen LogP contribution in [0.25, 0.3) is 0 Å². The molecule has 1 aliphatic carbocycles. The summed E-state index contributed by atoms with van der Waals surface area (Å²) in [7, 11) is 2.17. The van der Waals surface area contributed by atoms with Gasteiger partial charge in [0.1, 0.15) is 5.82 Å². The van der Waals surface area contributed by atoms with Gasteiger partial charge in [-0.15, -0.1) is 0 Å². The maximum absolute atomic E-state index is 11.1. The van der Waals surface area contributed by atoms with Crippen LogP contribution in [0.1, 0.15) is 36.3 Å². The molecule has 2 heterocycles. The number of piperazine rings is 1. The van der Waals surface area contributed by atoms with E-state index < -0.39 is 0 Å². The molecule has 0 atom stereocenters. The first-order chi connectivity index (χ1) is 14.6. The molecule has 2 aliphatic rings. The third-order valence-electron chi connectivity index (χ3n) is 5.68. The van der Waals surface area contributed by atoms with E-state index in [1.165, 1.54) is 5.56 Å². The second-order valence-corrected chi connectivity index (χ2v) is 8.32. The van der Waals surface area contributed by atoms with Crippen molar-refractivity contribution in [2.75, 3.05) is 50.4 Å². The Bertz CT molecular complexity index is 876. The van der Waals surface area contributed by atoms with Gasteiger partial charge in [0.05, 0.1) is 0 Å². The van der Waals surface area contributed by atoms with Gasteiger partial charge in [0, 0.05) is 63.1 Å². The van der Waals surface area contributed by atoms with Crippen molar-refractivity contribution in [2.24, 2.45) is 5.73 Å². The van der Waals surface area contributed by atoms with Gasteiger partial charge >= 0.3 is 0 Å². The normalized spacial score (nSPS) is 17.6. The topological polar surface area (TPSA) is 99.4 Å². The predicted molar refractivity (Wildman–Crippen MR) is 119 cm³/mol. The number of rotatable bonds is 9. The predicted octanol–water partition coefficient (Wildman–Crippen LogP) is 2.13. The van der Waals surface area contributed by atoms with E-state index >= 15 is 0 Å². The maximum atomic E-state index is 11.1. The summed E-state index contributed by atoms with van der Waals surface area (Å²) in [6.45, 7) is 5.85. The third kappa shape index (κ3) is 5.67. The van der Waals surface area contributed by atoms with E-state index in [0.717, 1.165) is 62.6 Å². The largest absolute Gasteiger partial charge is 0.370 e. The summed E-state index contributed by atoms with van der Waals surface area (Å²) < 4.78 is 0. The van der Waals surface area contributed by atoms with E-state index in [1.54, 1.807) is 0 Å². The molecule has 0 spiro atoms. The zero-order valence-corrected chi connectivity index (χ0v) is 17.6. The Morgan fingerprint density at radius 2 is 2.03 bits per heavy atom. The highest BCUT2D eigenvalue weighted by atomic mass is 16.1. The number of benzene rings is 1. The Kier molecular flexibility index (Phi) is 6.44. The monoisotopic (exact) mass is 409 g/mol. The second kappa shape index (κ2) is 9.40. The van der Waals surface area contributed by atoms with Gasteiger partial charge in [-0.05, 0) is 43.5 Å². The molecular formula is C22H31N7O. The molecule has 2 aromatic rings. The lowest BCUT2D eigenvalue weighted by Crippen LogP contribution is -2.43. The molecule has 0 radical (unpaired) electrons. The molecule has 30 heavy (non-hydrogen) atoms. The number of nitrogens with two attached hydrogens (primary N) is 1. The lowest BCUT2D eigenvalue weighted by molar-refractivity contribution is -0.117. The smallest absolute Gasteiger partial charge is 0.229 e. The summed E-state index contributed by atoms with van der Waals surface area (Å²) in [4.78, 5) is 25.1. The number of hydrogen-bond acceptors (Lipinski definition) is 7. The molecule has 1 aromatic heterocycles. The van der Waals surface area contributed by atoms with Crippen LogP contribution in [0.4, 0.5) is 17.5 Å². The Hall–Kier alpha value is -2.71. The van der Waals surface area contributed by atoms with Crippen molar-refractivity contribution in [1.82, 2.24) is 19.8 Å². The molecule has 0 bridgehead atoms. The Labute approximate surface area is 177 Å². The lowest BCUT2D eigenvalue weighted by Gasteiger charge is -2.32. The zero-order valence-electron chi connectivity index (χ0n) is 17.6. The summed E-state index contributed by atoms with van der Waals surface area (Å²) in [5.74, 6) is 1.55. The minimum atomic E-state index is -0.319. The Morgan fingerprint density at radius 1 is 1.23 bits per heavy atom. The molecule has 1 aliphatic heterocycles. The number of carbonyl (C=O) groups excluding carboxylic acids is 1. The van der Waals surface area contributed by atoms with Crippen molar-refractivity contribution in [1.29, 1.82) is 0 Å². The van der Waals surface area contributed by atoms with Gasteiger partial charge in [0.25, 0.3) is 0 Å². The van der Waals surface area contributed by atoms with Crippen LogP contribution < -0.4 is 16.4 Å². The first-order valence-electron chi connectivity index (χ1n) is 10.7. The van der Waals surface area contributed by atoms with Crippen LogP contribution in [-0.4, -0.2) is 65.4 Å². The number of likely N-dealkylation sites (N-methyl/N-ethyl adjacent to an activating group) is 1. The van der Waals surface area contributed by atoms with E-state index in [-0.39, 0.29) is 12.3 Å². The van der Waals surface area contributed by atoms with Crippen LogP contribution >= 0.6 is 0 Å². The highest BCUT2D eigenvalue weighted by molar-refractivity contribution is 5.74. The number of nitrogens with zero attached hydrogens (tertiary/aromatic N) is 4. The van der Waals surface area contributed by atoms with E-state index in [2.05, 4.69) is 55.6 Å². The average molecular weight is 410 g/mol. The molecule has 8 nitrogen and oxygen atoms in total. The molecule has 1 aromatic carbocycles. The van der Waals surface area contributed by atoms with Gasteiger partial charge in [-0.2, -0.15) is 4.98 Å². The summed E-state index contributed by atoms with van der Waals surface area (Å²) in [5, 5.41) is 6.59. The van der Waals surface area contributed by atoms with Crippen molar-refractivity contribution in [3.8, 4) is 0 Å². The summed E-state index contributed by atoms with van der Waals surface area (Å²) >= 11 is 0. The van der Waals surface area contributed by atoms with E-state index in [0.29, 0.717) is 18.4 Å². The minimum Gasteiger partial charge on any atom is -0.370 e. The van der Waals surface area contributed by atoms with Gasteiger partial charge in [0.2, 0.25) is 11.9 Å². The van der Waals surface area contributed by atoms with Crippen LogP contribution in [0.15, 0.2) is 30.5 Å². The number of primary amides is 1. The summed E-state index contributed by atoms with van der Waals surface area (Å²) in [6.07, 6.45) is 4.50. The van der Waals surface area contributed by atoms with Crippen LogP contribution in [0, 0.1) is 0 Å². The zero-order chi connectivity index (χ0) is 20.9. The van der Waals surface area contributed by atoms with Crippen LogP contribution in [0.3, 0.4) is 0 Å². The van der Waals surface area contributed by atoms with E-state index in [1.807, 2.05) is 12.3 Å². The van der Waals surface area contributed by atoms with Crippen molar-refractivity contribution in [3.63, 3.8) is 0 Å². The molecule has 4 N–H and O–H groups in total. The van der Waals surface area contributed by atoms with Gasteiger partial charge < -0.3 is 21.3 Å². The summed E-state index contributed by atoms with van der Waals surface area (Å²) in [5.41, 5.74) is 8.63. The standard InChI is InChI=1S/C22H31N7O/c1-28-9-11-29(12-10-28)15-16-3-2-4-18(13-16)26-22-25-14-19(17-5-6-17)21(27-22)24-8-7-20(23)30/h2-4,13-14,17H,5-12,15H2,1H3,(H2,23,30)(H2,24,25,26,27).